The maximum atomic E-state index is 12.9. The minimum Gasteiger partial charge on any atom is -0.481 e. The van der Waals surface area contributed by atoms with Crippen LogP contribution in [0.1, 0.15) is 57.8 Å². The third-order valence-corrected chi connectivity index (χ3v) is 7.51. The van der Waals surface area contributed by atoms with E-state index in [0.29, 0.717) is 31.5 Å². The van der Waals surface area contributed by atoms with Crippen molar-refractivity contribution in [1.29, 1.82) is 0 Å². The van der Waals surface area contributed by atoms with Crippen LogP contribution in [0.2, 0.25) is 0 Å². The van der Waals surface area contributed by atoms with Crippen molar-refractivity contribution in [2.75, 3.05) is 13.1 Å². The molecule has 7 nitrogen and oxygen atoms in total. The first-order valence-corrected chi connectivity index (χ1v) is 12.5. The largest absolute Gasteiger partial charge is 0.481 e. The van der Waals surface area contributed by atoms with Crippen LogP contribution < -0.4 is 0 Å². The summed E-state index contributed by atoms with van der Waals surface area (Å²) >= 11 is 1.36. The molecule has 1 amide bonds. The van der Waals surface area contributed by atoms with E-state index in [2.05, 4.69) is 0 Å². The highest BCUT2D eigenvalue weighted by molar-refractivity contribution is 7.09. The number of halogens is 3. The van der Waals surface area contributed by atoms with Crippen LogP contribution in [0, 0.1) is 5.41 Å². The average molecular weight is 532 g/mol. The number of carbonyl (C=O) groups is 3. The zero-order valence-electron chi connectivity index (χ0n) is 20.5. The van der Waals surface area contributed by atoms with Gasteiger partial charge in [-0.15, -0.1) is 11.3 Å². The van der Waals surface area contributed by atoms with Crippen molar-refractivity contribution in [3.63, 3.8) is 0 Å². The number of nitrogens with zero attached hydrogens (tertiary/aromatic N) is 1. The Kier molecular flexibility index (Phi) is 9.52. The van der Waals surface area contributed by atoms with Crippen LogP contribution in [-0.4, -0.2) is 62.9 Å². The second-order valence-electron chi connectivity index (χ2n) is 9.46. The highest BCUT2D eigenvalue weighted by Gasteiger charge is 2.43. The molecule has 1 saturated heterocycles. The molecular formula is C25H32F3NO6S. The van der Waals surface area contributed by atoms with Crippen molar-refractivity contribution in [2.24, 2.45) is 5.41 Å². The molecule has 36 heavy (non-hydrogen) atoms. The summed E-state index contributed by atoms with van der Waals surface area (Å²) in [6.45, 7) is 5.67. The standard InChI is InChI=1S/C18H25NO6.C7H7F3S/c1-4-18(16(23)24)9-11(2)13(12(10-18)15(21)22)14(20)19-7-5-17(3,25)6-8-19;8-7(9,10)4-3-6-2-1-5-11-6/h9,25H,4-8,10H2,1-3H3,(H,21,22)(H,23,24);1-2,5H,3-4H2. The third kappa shape index (κ3) is 7.67. The predicted octanol–water partition coefficient (Wildman–Crippen LogP) is 4.82. The Labute approximate surface area is 211 Å². The lowest BCUT2D eigenvalue weighted by Gasteiger charge is -2.38. The summed E-state index contributed by atoms with van der Waals surface area (Å²) in [5.41, 5.74) is -1.80. The monoisotopic (exact) mass is 531 g/mol. The first-order valence-electron chi connectivity index (χ1n) is 11.6. The number of carboxylic acids is 2. The van der Waals surface area contributed by atoms with Gasteiger partial charge in [-0.05, 0) is 63.0 Å². The lowest BCUT2D eigenvalue weighted by atomic mass is 9.71. The van der Waals surface area contributed by atoms with Gasteiger partial charge in [-0.1, -0.05) is 19.1 Å². The lowest BCUT2D eigenvalue weighted by Crippen LogP contribution is -2.46. The predicted molar refractivity (Wildman–Crippen MR) is 129 cm³/mol. The third-order valence-electron chi connectivity index (χ3n) is 6.57. The van der Waals surface area contributed by atoms with E-state index in [9.17, 15) is 42.9 Å². The molecule has 0 spiro atoms. The molecule has 1 aromatic heterocycles. The van der Waals surface area contributed by atoms with Gasteiger partial charge in [0.1, 0.15) is 0 Å². The molecule has 0 bridgehead atoms. The SMILES string of the molecule is CCC1(C(=O)O)C=C(C)C(C(=O)N2CCC(C)(O)CC2)=C(C(=O)O)C1.FC(F)(F)CCc1cccs1. The van der Waals surface area contributed by atoms with Crippen LogP contribution in [0.3, 0.4) is 0 Å². The van der Waals surface area contributed by atoms with Crippen LogP contribution in [0.25, 0.3) is 0 Å². The fourth-order valence-corrected chi connectivity index (χ4v) is 4.95. The zero-order valence-corrected chi connectivity index (χ0v) is 21.3. The normalized spacial score (nSPS) is 21.9. The van der Waals surface area contributed by atoms with Crippen molar-refractivity contribution in [3.8, 4) is 0 Å². The minimum absolute atomic E-state index is 0.0827. The highest BCUT2D eigenvalue weighted by atomic mass is 32.1. The highest BCUT2D eigenvalue weighted by Crippen LogP contribution is 2.41. The Morgan fingerprint density at radius 1 is 1.17 bits per heavy atom. The molecule has 1 aliphatic heterocycles. The number of carboxylic acid groups (broad SMARTS) is 2. The Bertz CT molecular complexity index is 1020. The molecule has 3 rings (SSSR count). The Morgan fingerprint density at radius 2 is 1.78 bits per heavy atom. The topological polar surface area (TPSA) is 115 Å². The van der Waals surface area contributed by atoms with Gasteiger partial charge >= 0.3 is 18.1 Å². The minimum atomic E-state index is -4.02. The first-order chi connectivity index (χ1) is 16.6. The summed E-state index contributed by atoms with van der Waals surface area (Å²) in [6, 6.07) is 3.48. The van der Waals surface area contributed by atoms with E-state index in [0.717, 1.165) is 4.88 Å². The van der Waals surface area contributed by atoms with E-state index in [1.54, 1.807) is 38.3 Å². The van der Waals surface area contributed by atoms with E-state index < -0.39 is 41.5 Å². The number of likely N-dealkylation sites (tertiary alicyclic amines) is 1. The fourth-order valence-electron chi connectivity index (χ4n) is 4.24. The summed E-state index contributed by atoms with van der Waals surface area (Å²) in [6.07, 6.45) is -2.24. The van der Waals surface area contributed by atoms with Crippen LogP contribution in [0.4, 0.5) is 13.2 Å². The van der Waals surface area contributed by atoms with Crippen molar-refractivity contribution < 1.29 is 42.9 Å². The molecule has 3 N–H and O–H groups in total. The number of piperidine rings is 1. The molecule has 1 aromatic rings. The van der Waals surface area contributed by atoms with Gasteiger partial charge in [0.25, 0.3) is 5.91 Å². The van der Waals surface area contributed by atoms with Gasteiger partial charge in [-0.25, -0.2) is 4.79 Å². The van der Waals surface area contributed by atoms with Gasteiger partial charge in [0, 0.05) is 24.4 Å². The van der Waals surface area contributed by atoms with Gasteiger partial charge in [-0.2, -0.15) is 13.2 Å². The number of aryl methyl sites for hydroxylation is 1. The molecule has 1 unspecified atom stereocenters. The fraction of sp³-hybridized carbons (Fsp3) is 0.560. The zero-order chi connectivity index (χ0) is 27.3. The second kappa shape index (κ2) is 11.6. The maximum absolute atomic E-state index is 12.9. The van der Waals surface area contributed by atoms with E-state index in [-0.39, 0.29) is 30.4 Å². The summed E-state index contributed by atoms with van der Waals surface area (Å²) in [7, 11) is 0. The lowest BCUT2D eigenvalue weighted by molar-refractivity contribution is -0.147. The Balaban J connectivity index is 0.000000346. The molecule has 1 fully saturated rings. The quantitative estimate of drug-likeness (QED) is 0.485. The van der Waals surface area contributed by atoms with Gasteiger partial charge in [0.05, 0.1) is 22.2 Å². The number of thiophene rings is 1. The number of rotatable bonds is 6. The van der Waals surface area contributed by atoms with Crippen molar-refractivity contribution in [3.05, 3.63) is 45.2 Å². The van der Waals surface area contributed by atoms with Crippen LogP contribution >= 0.6 is 11.3 Å². The molecule has 11 heteroatoms. The van der Waals surface area contributed by atoms with Crippen molar-refractivity contribution in [1.82, 2.24) is 4.90 Å². The Morgan fingerprint density at radius 3 is 2.22 bits per heavy atom. The number of hydrogen-bond donors (Lipinski definition) is 3. The molecule has 2 heterocycles. The number of aliphatic carboxylic acids is 2. The first kappa shape index (κ1) is 29.6. The summed E-state index contributed by atoms with van der Waals surface area (Å²) < 4.78 is 35.0. The van der Waals surface area contributed by atoms with Crippen LogP contribution in [0.15, 0.2) is 40.3 Å². The molecule has 0 aromatic carbocycles. The van der Waals surface area contributed by atoms with Crippen LogP contribution in [0.5, 0.6) is 0 Å². The van der Waals surface area contributed by atoms with Crippen LogP contribution in [-0.2, 0) is 20.8 Å². The molecule has 200 valence electrons. The van der Waals surface area contributed by atoms with Gasteiger partial charge < -0.3 is 20.2 Å². The maximum Gasteiger partial charge on any atom is 0.389 e. The number of aliphatic hydroxyl groups is 1. The average Bonchev–Trinajstić information content (AvgIpc) is 3.30. The van der Waals surface area contributed by atoms with E-state index >= 15 is 0 Å². The van der Waals surface area contributed by atoms with E-state index in [1.165, 1.54) is 22.3 Å². The molecule has 0 radical (unpaired) electrons. The molecule has 1 atom stereocenters. The van der Waals surface area contributed by atoms with E-state index in [4.69, 9.17) is 0 Å². The number of alkyl halides is 3. The van der Waals surface area contributed by atoms with E-state index in [1.807, 2.05) is 0 Å². The molecule has 2 aliphatic rings. The van der Waals surface area contributed by atoms with Gasteiger partial charge in [-0.3, -0.25) is 9.59 Å². The number of amides is 1. The molecule has 1 aliphatic carbocycles. The Hall–Kier alpha value is -2.66. The van der Waals surface area contributed by atoms with Gasteiger partial charge in [0.15, 0.2) is 0 Å². The summed E-state index contributed by atoms with van der Waals surface area (Å²) in [5.74, 6) is -2.76. The van der Waals surface area contributed by atoms with Crippen molar-refractivity contribution >= 4 is 29.2 Å². The second-order valence-corrected chi connectivity index (χ2v) is 10.5. The number of hydrogen-bond acceptors (Lipinski definition) is 5. The summed E-state index contributed by atoms with van der Waals surface area (Å²) in [5, 5.41) is 30.9. The number of carbonyl (C=O) groups excluding carboxylic acids is 1. The smallest absolute Gasteiger partial charge is 0.389 e. The summed E-state index contributed by atoms with van der Waals surface area (Å²) in [4.78, 5) is 38.6. The van der Waals surface area contributed by atoms with Gasteiger partial charge in [0.2, 0.25) is 0 Å². The molecule has 0 saturated carbocycles. The molecular weight excluding hydrogens is 499 g/mol. The van der Waals surface area contributed by atoms with Crippen molar-refractivity contribution in [2.45, 2.75) is 71.1 Å².